The van der Waals surface area contributed by atoms with E-state index in [0.717, 1.165) is 17.7 Å². The average molecular weight is 410 g/mol. The molecule has 152 valence electrons. The topological polar surface area (TPSA) is 66.0 Å². The van der Waals surface area contributed by atoms with Crippen LogP contribution in [0.5, 0.6) is 0 Å². The molecule has 0 aliphatic rings. The second kappa shape index (κ2) is 8.70. The van der Waals surface area contributed by atoms with Crippen molar-refractivity contribution in [2.75, 3.05) is 0 Å². The van der Waals surface area contributed by atoms with E-state index in [9.17, 15) is 23.2 Å². The first-order chi connectivity index (χ1) is 14.3. The van der Waals surface area contributed by atoms with Gasteiger partial charge in [-0.25, -0.2) is 0 Å². The van der Waals surface area contributed by atoms with Gasteiger partial charge in [0.2, 0.25) is 0 Å². The zero-order valence-electron chi connectivity index (χ0n) is 15.9. The lowest BCUT2D eigenvalue weighted by molar-refractivity contribution is -0.137. The molecule has 1 aromatic heterocycles. The van der Waals surface area contributed by atoms with Gasteiger partial charge in [0.25, 0.3) is 5.91 Å². The molecule has 0 spiro atoms. The molecule has 1 atom stereocenters. The van der Waals surface area contributed by atoms with Gasteiger partial charge in [0, 0.05) is 11.6 Å². The second-order valence-corrected chi connectivity index (χ2v) is 6.56. The highest BCUT2D eigenvalue weighted by Crippen LogP contribution is 2.32. The van der Waals surface area contributed by atoms with Crippen LogP contribution in [-0.4, -0.2) is 5.91 Å². The van der Waals surface area contributed by atoms with Gasteiger partial charge in [-0.15, -0.1) is 0 Å². The molecule has 0 saturated heterocycles. The van der Waals surface area contributed by atoms with Crippen molar-refractivity contribution in [3.05, 3.63) is 89.2 Å². The van der Waals surface area contributed by atoms with Gasteiger partial charge in [-0.3, -0.25) is 4.79 Å². The van der Waals surface area contributed by atoms with Crippen molar-refractivity contribution in [2.45, 2.75) is 19.1 Å². The molecule has 3 rings (SSSR count). The van der Waals surface area contributed by atoms with Crippen molar-refractivity contribution >= 4 is 12.0 Å². The van der Waals surface area contributed by atoms with Crippen LogP contribution < -0.4 is 5.32 Å². The highest BCUT2D eigenvalue weighted by atomic mass is 19.4. The molecule has 0 bridgehead atoms. The van der Waals surface area contributed by atoms with Crippen molar-refractivity contribution in [2.24, 2.45) is 0 Å². The predicted octanol–water partition coefficient (Wildman–Crippen LogP) is 5.75. The van der Waals surface area contributed by atoms with Gasteiger partial charge >= 0.3 is 6.18 Å². The number of rotatable bonds is 5. The summed E-state index contributed by atoms with van der Waals surface area (Å²) in [5.74, 6) is -0.199. The van der Waals surface area contributed by atoms with E-state index in [1.54, 1.807) is 6.92 Å². The fourth-order valence-electron chi connectivity index (χ4n) is 2.82. The van der Waals surface area contributed by atoms with E-state index in [0.29, 0.717) is 0 Å². The number of hydrogen-bond acceptors (Lipinski definition) is 3. The highest BCUT2D eigenvalue weighted by Gasteiger charge is 2.30. The first kappa shape index (κ1) is 20.9. The monoisotopic (exact) mass is 410 g/mol. The van der Waals surface area contributed by atoms with Crippen LogP contribution in [0.4, 0.5) is 13.2 Å². The number of carbonyl (C=O) groups excluding carboxylic acids is 1. The summed E-state index contributed by atoms with van der Waals surface area (Å²) in [6.07, 6.45) is -3.21. The van der Waals surface area contributed by atoms with Crippen molar-refractivity contribution < 1.29 is 22.4 Å². The molecular weight excluding hydrogens is 393 g/mol. The molecule has 0 aliphatic heterocycles. The van der Waals surface area contributed by atoms with Crippen molar-refractivity contribution in [1.82, 2.24) is 5.32 Å². The summed E-state index contributed by atoms with van der Waals surface area (Å²) in [5.41, 5.74) is 0.154. The second-order valence-electron chi connectivity index (χ2n) is 6.56. The molecular formula is C23H17F3N2O2. The maximum Gasteiger partial charge on any atom is 0.416 e. The summed E-state index contributed by atoms with van der Waals surface area (Å²) in [6, 6.07) is 18.5. The smallest absolute Gasteiger partial charge is 0.416 e. The number of furan rings is 1. The van der Waals surface area contributed by atoms with E-state index in [1.807, 2.05) is 36.4 Å². The minimum atomic E-state index is -4.47. The van der Waals surface area contributed by atoms with Crippen molar-refractivity contribution in [1.29, 1.82) is 5.26 Å². The zero-order valence-corrected chi connectivity index (χ0v) is 15.9. The SMILES string of the molecule is C[C@@H](NC(=O)/C(C#N)=C\c1ccc(-c2cccc(C(F)(F)F)c2)o1)c1ccccc1. The van der Waals surface area contributed by atoms with E-state index in [-0.39, 0.29) is 28.7 Å². The summed E-state index contributed by atoms with van der Waals surface area (Å²) < 4.78 is 44.2. The molecule has 1 N–H and O–H groups in total. The number of nitrogens with one attached hydrogen (secondary N) is 1. The van der Waals surface area contributed by atoms with Crippen LogP contribution in [0.1, 0.15) is 29.9 Å². The summed E-state index contributed by atoms with van der Waals surface area (Å²) in [6.45, 7) is 1.79. The summed E-state index contributed by atoms with van der Waals surface area (Å²) in [7, 11) is 0. The van der Waals surface area contributed by atoms with Gasteiger partial charge in [0.05, 0.1) is 11.6 Å². The van der Waals surface area contributed by atoms with E-state index >= 15 is 0 Å². The number of hydrogen-bond donors (Lipinski definition) is 1. The predicted molar refractivity (Wildman–Crippen MR) is 106 cm³/mol. The van der Waals surface area contributed by atoms with E-state index < -0.39 is 17.6 Å². The number of amides is 1. The quantitative estimate of drug-likeness (QED) is 0.430. The fourth-order valence-corrected chi connectivity index (χ4v) is 2.82. The minimum absolute atomic E-state index is 0.178. The van der Waals surface area contributed by atoms with Gasteiger partial charge in [-0.05, 0) is 36.8 Å². The van der Waals surface area contributed by atoms with Gasteiger partial charge in [0.1, 0.15) is 23.2 Å². The number of nitriles is 1. The number of alkyl halides is 3. The number of carbonyl (C=O) groups is 1. The maximum absolute atomic E-state index is 12.9. The summed E-state index contributed by atoms with van der Waals surface area (Å²) in [4.78, 5) is 12.4. The molecule has 0 unspecified atom stereocenters. The lowest BCUT2D eigenvalue weighted by Gasteiger charge is -2.13. The van der Waals surface area contributed by atoms with Crippen LogP contribution in [0.25, 0.3) is 17.4 Å². The van der Waals surface area contributed by atoms with Crippen LogP contribution in [0.2, 0.25) is 0 Å². The first-order valence-corrected chi connectivity index (χ1v) is 9.03. The first-order valence-electron chi connectivity index (χ1n) is 9.03. The average Bonchev–Trinajstić information content (AvgIpc) is 3.20. The molecule has 1 amide bonds. The Bertz CT molecular complexity index is 1110. The Morgan fingerprint density at radius 1 is 1.10 bits per heavy atom. The molecule has 2 aromatic carbocycles. The Labute approximate surface area is 171 Å². The molecule has 0 saturated carbocycles. The van der Waals surface area contributed by atoms with Crippen molar-refractivity contribution in [3.8, 4) is 17.4 Å². The van der Waals surface area contributed by atoms with Gasteiger partial charge in [0.15, 0.2) is 0 Å². The third-order valence-electron chi connectivity index (χ3n) is 4.40. The molecule has 0 fully saturated rings. The lowest BCUT2D eigenvalue weighted by Crippen LogP contribution is -2.27. The Kier molecular flexibility index (Phi) is 6.07. The molecule has 7 heteroatoms. The van der Waals surface area contributed by atoms with Crippen LogP contribution >= 0.6 is 0 Å². The minimum Gasteiger partial charge on any atom is -0.457 e. The third-order valence-corrected chi connectivity index (χ3v) is 4.40. The standard InChI is InChI=1S/C23H17F3N2O2/c1-15(16-6-3-2-4-7-16)28-22(29)18(14-27)13-20-10-11-21(30-20)17-8-5-9-19(12-17)23(24,25)26/h2-13,15H,1H3,(H,28,29)/b18-13-/t15-/m1/s1. The third kappa shape index (κ3) is 4.97. The highest BCUT2D eigenvalue weighted by molar-refractivity contribution is 6.01. The van der Waals surface area contributed by atoms with Gasteiger partial charge < -0.3 is 9.73 Å². The zero-order chi connectivity index (χ0) is 21.7. The Morgan fingerprint density at radius 3 is 2.50 bits per heavy atom. The molecule has 1 heterocycles. The number of nitrogens with zero attached hydrogens (tertiary/aromatic N) is 1. The van der Waals surface area contributed by atoms with E-state index in [2.05, 4.69) is 5.32 Å². The van der Waals surface area contributed by atoms with Crippen LogP contribution in [0.3, 0.4) is 0 Å². The van der Waals surface area contributed by atoms with Crippen LogP contribution in [0, 0.1) is 11.3 Å². The Hall–Kier alpha value is -3.79. The molecule has 4 nitrogen and oxygen atoms in total. The molecule has 3 aromatic rings. The molecule has 0 radical (unpaired) electrons. The normalized spacial score (nSPS) is 12.8. The Balaban J connectivity index is 1.79. The number of halogens is 3. The molecule has 30 heavy (non-hydrogen) atoms. The van der Waals surface area contributed by atoms with E-state index in [1.165, 1.54) is 30.3 Å². The summed E-state index contributed by atoms with van der Waals surface area (Å²) >= 11 is 0. The van der Waals surface area contributed by atoms with Crippen LogP contribution in [0.15, 0.2) is 76.7 Å². The maximum atomic E-state index is 12.9. The Morgan fingerprint density at radius 2 is 1.83 bits per heavy atom. The largest absolute Gasteiger partial charge is 0.457 e. The molecule has 0 aliphatic carbocycles. The van der Waals surface area contributed by atoms with Gasteiger partial charge in [-0.1, -0.05) is 42.5 Å². The van der Waals surface area contributed by atoms with E-state index in [4.69, 9.17) is 4.42 Å². The van der Waals surface area contributed by atoms with Gasteiger partial charge in [-0.2, -0.15) is 18.4 Å². The van der Waals surface area contributed by atoms with Crippen LogP contribution in [-0.2, 0) is 11.0 Å². The number of benzene rings is 2. The fraction of sp³-hybridized carbons (Fsp3) is 0.130. The summed E-state index contributed by atoms with van der Waals surface area (Å²) in [5, 5.41) is 12.1. The lowest BCUT2D eigenvalue weighted by atomic mass is 10.1. The van der Waals surface area contributed by atoms with Crippen molar-refractivity contribution in [3.63, 3.8) is 0 Å².